The van der Waals surface area contributed by atoms with Gasteiger partial charge in [-0.3, -0.25) is 14.2 Å². The van der Waals surface area contributed by atoms with E-state index < -0.39 is 25.3 Å². The SMILES string of the molecule is COCP(=O)(N[C@@H](C)C(=O)OC(C)C)Oc1ccc([C@@H]2[C@@H](CCCc3ccc(F)cc3)C(=O)N2c2ccc(F)cc2)cc1. The third kappa shape index (κ3) is 8.28. The van der Waals surface area contributed by atoms with Gasteiger partial charge >= 0.3 is 13.5 Å². The molecular formula is C32H37F2N2O6P. The molecule has 11 heteroatoms. The number of halogens is 2. The standard InChI is InChI=1S/C32H37F2N2O6P/c1-21(2)41-32(38)22(3)35-43(39,20-40-4)42-28-18-10-24(11-19-28)30-29(7-5-6-23-8-12-25(33)13-9-23)31(37)36(30)27-16-14-26(34)15-17-27/h8-19,21-22,29-30H,5-7,20H2,1-4H3,(H,35,39)/t22-,29+,30+,43?/m0/s1. The Bertz CT molecular complexity index is 1430. The predicted molar refractivity (Wildman–Crippen MR) is 160 cm³/mol. The molecule has 4 atom stereocenters. The molecule has 43 heavy (non-hydrogen) atoms. The zero-order valence-corrected chi connectivity index (χ0v) is 25.6. The number of β-lactam (4-membered cyclic amide) rings is 1. The zero-order valence-electron chi connectivity index (χ0n) is 24.7. The number of carbonyl (C=O) groups excluding carboxylic acids is 2. The van der Waals surface area contributed by atoms with Crippen LogP contribution in [0.25, 0.3) is 0 Å². The van der Waals surface area contributed by atoms with Gasteiger partial charge in [0.1, 0.15) is 29.8 Å². The van der Waals surface area contributed by atoms with E-state index in [1.54, 1.807) is 67.3 Å². The van der Waals surface area contributed by atoms with Gasteiger partial charge in [-0.05, 0) is 99.7 Å². The smallest absolute Gasteiger partial charge is 0.342 e. The Labute approximate surface area is 250 Å². The Hall–Kier alpha value is -3.59. The molecule has 0 bridgehead atoms. The van der Waals surface area contributed by atoms with E-state index in [1.807, 2.05) is 0 Å². The van der Waals surface area contributed by atoms with Gasteiger partial charge in [-0.25, -0.2) is 13.9 Å². The maximum atomic E-state index is 13.6. The van der Waals surface area contributed by atoms with E-state index in [0.29, 0.717) is 18.5 Å². The second-order valence-electron chi connectivity index (χ2n) is 10.8. The Kier molecular flexibility index (Phi) is 10.7. The number of rotatable bonds is 14. The predicted octanol–water partition coefficient (Wildman–Crippen LogP) is 6.80. The molecule has 3 aromatic rings. The van der Waals surface area contributed by atoms with Crippen molar-refractivity contribution in [3.63, 3.8) is 0 Å². The zero-order chi connectivity index (χ0) is 31.1. The summed E-state index contributed by atoms with van der Waals surface area (Å²) < 4.78 is 56.5. The van der Waals surface area contributed by atoms with Gasteiger partial charge in [0.25, 0.3) is 0 Å². The first-order chi connectivity index (χ1) is 20.5. The van der Waals surface area contributed by atoms with Crippen LogP contribution >= 0.6 is 7.52 Å². The van der Waals surface area contributed by atoms with Crippen molar-refractivity contribution in [3.05, 3.63) is 95.6 Å². The summed E-state index contributed by atoms with van der Waals surface area (Å²) in [6.07, 6.45) is 1.42. The van der Waals surface area contributed by atoms with E-state index >= 15 is 0 Å². The molecule has 1 fully saturated rings. The summed E-state index contributed by atoms with van der Waals surface area (Å²) in [7, 11) is -2.28. The largest absolute Gasteiger partial charge is 0.462 e. The number of hydrogen-bond acceptors (Lipinski definition) is 6. The molecule has 1 unspecified atom stereocenters. The maximum absolute atomic E-state index is 13.6. The Morgan fingerprint density at radius 2 is 1.56 bits per heavy atom. The molecular weight excluding hydrogens is 577 g/mol. The number of ether oxygens (including phenoxy) is 2. The maximum Gasteiger partial charge on any atom is 0.342 e. The lowest BCUT2D eigenvalue weighted by molar-refractivity contribution is -0.149. The van der Waals surface area contributed by atoms with Crippen molar-refractivity contribution in [2.24, 2.45) is 5.92 Å². The van der Waals surface area contributed by atoms with Crippen LogP contribution in [0.15, 0.2) is 72.8 Å². The van der Waals surface area contributed by atoms with Gasteiger partial charge in [0, 0.05) is 12.8 Å². The number of hydrogen-bond donors (Lipinski definition) is 1. The highest BCUT2D eigenvalue weighted by Gasteiger charge is 2.48. The average Bonchev–Trinajstić information content (AvgIpc) is 2.96. The molecule has 230 valence electrons. The number of aryl methyl sites for hydroxylation is 1. The number of anilines is 1. The summed E-state index contributed by atoms with van der Waals surface area (Å²) in [6, 6.07) is 17.8. The van der Waals surface area contributed by atoms with Gasteiger partial charge in [0.05, 0.1) is 18.1 Å². The molecule has 1 heterocycles. The molecule has 1 N–H and O–H groups in total. The van der Waals surface area contributed by atoms with Crippen molar-refractivity contribution < 1.29 is 36.9 Å². The molecule has 1 aliphatic heterocycles. The lowest BCUT2D eigenvalue weighted by atomic mass is 9.78. The monoisotopic (exact) mass is 614 g/mol. The highest BCUT2D eigenvalue weighted by Crippen LogP contribution is 2.47. The molecule has 0 radical (unpaired) electrons. The van der Waals surface area contributed by atoms with Crippen molar-refractivity contribution in [1.82, 2.24) is 5.09 Å². The molecule has 0 aromatic heterocycles. The third-order valence-corrected chi connectivity index (χ3v) is 8.97. The molecule has 0 spiro atoms. The fourth-order valence-corrected chi connectivity index (χ4v) is 6.79. The highest BCUT2D eigenvalue weighted by molar-refractivity contribution is 7.57. The second kappa shape index (κ2) is 14.3. The molecule has 0 saturated carbocycles. The first-order valence-electron chi connectivity index (χ1n) is 14.2. The molecule has 0 aliphatic carbocycles. The van der Waals surface area contributed by atoms with Gasteiger partial charge in [0.2, 0.25) is 5.91 Å². The topological polar surface area (TPSA) is 94.2 Å². The molecule has 1 amide bonds. The van der Waals surface area contributed by atoms with Crippen LogP contribution in [0.3, 0.4) is 0 Å². The van der Waals surface area contributed by atoms with Crippen molar-refractivity contribution in [3.8, 4) is 5.75 Å². The number of nitrogens with one attached hydrogen (secondary N) is 1. The van der Waals surface area contributed by atoms with Gasteiger partial charge in [-0.1, -0.05) is 24.3 Å². The summed E-state index contributed by atoms with van der Waals surface area (Å²) in [6.45, 7) is 4.98. The second-order valence-corrected chi connectivity index (χ2v) is 12.9. The number of carbonyl (C=O) groups is 2. The van der Waals surface area contributed by atoms with Gasteiger partial charge in [-0.2, -0.15) is 0 Å². The van der Waals surface area contributed by atoms with E-state index in [2.05, 4.69) is 5.09 Å². The minimum Gasteiger partial charge on any atom is -0.462 e. The quantitative estimate of drug-likeness (QED) is 0.121. The van der Waals surface area contributed by atoms with Gasteiger partial charge in [0.15, 0.2) is 0 Å². The Balaban J connectivity index is 1.50. The van der Waals surface area contributed by atoms with Crippen molar-refractivity contribution in [2.45, 2.75) is 58.2 Å². The van der Waals surface area contributed by atoms with Crippen LogP contribution in [0.1, 0.15) is 50.8 Å². The van der Waals surface area contributed by atoms with Gasteiger partial charge < -0.3 is 18.9 Å². The molecule has 4 rings (SSSR count). The fourth-order valence-electron chi connectivity index (χ4n) is 5.12. The Morgan fingerprint density at radius 3 is 2.14 bits per heavy atom. The fraction of sp³-hybridized carbons (Fsp3) is 0.375. The average molecular weight is 615 g/mol. The normalized spacial score (nSPS) is 18.6. The number of nitrogens with zero attached hydrogens (tertiary/aromatic N) is 1. The number of methoxy groups -OCH3 is 1. The number of amides is 1. The molecule has 1 saturated heterocycles. The van der Waals surface area contributed by atoms with Crippen LogP contribution < -0.4 is 14.5 Å². The van der Waals surface area contributed by atoms with Crippen LogP contribution in [0.5, 0.6) is 5.75 Å². The number of benzene rings is 3. The molecule has 1 aliphatic rings. The molecule has 3 aromatic carbocycles. The van der Waals surface area contributed by atoms with Crippen molar-refractivity contribution in [1.29, 1.82) is 0 Å². The Morgan fingerprint density at radius 1 is 0.953 bits per heavy atom. The van der Waals surface area contributed by atoms with Crippen LogP contribution in [0, 0.1) is 17.6 Å². The summed E-state index contributed by atoms with van der Waals surface area (Å²) in [5.41, 5.74) is 2.40. The summed E-state index contributed by atoms with van der Waals surface area (Å²) in [5, 5.41) is 2.72. The van der Waals surface area contributed by atoms with Gasteiger partial charge in [-0.15, -0.1) is 0 Å². The van der Waals surface area contributed by atoms with E-state index in [4.69, 9.17) is 14.0 Å². The molecule has 8 nitrogen and oxygen atoms in total. The summed E-state index contributed by atoms with van der Waals surface area (Å²) in [4.78, 5) is 27.2. The van der Waals surface area contributed by atoms with Crippen LogP contribution in [0.4, 0.5) is 14.5 Å². The highest BCUT2D eigenvalue weighted by atomic mass is 31.2. The van der Waals surface area contributed by atoms with E-state index in [-0.39, 0.29) is 41.9 Å². The van der Waals surface area contributed by atoms with Crippen molar-refractivity contribution in [2.75, 3.05) is 18.4 Å². The summed E-state index contributed by atoms with van der Waals surface area (Å²) >= 11 is 0. The van der Waals surface area contributed by atoms with Crippen LogP contribution in [0.2, 0.25) is 0 Å². The van der Waals surface area contributed by atoms with Crippen LogP contribution in [-0.4, -0.2) is 37.5 Å². The minimum absolute atomic E-state index is 0.0629. The first-order valence-corrected chi connectivity index (χ1v) is 16.0. The van der Waals surface area contributed by atoms with Crippen LogP contribution in [-0.2, 0) is 30.0 Å². The minimum atomic E-state index is -3.66. The lowest BCUT2D eigenvalue weighted by Crippen LogP contribution is -2.55. The van der Waals surface area contributed by atoms with E-state index in [9.17, 15) is 22.9 Å². The lowest BCUT2D eigenvalue weighted by Gasteiger charge is -2.47. The van der Waals surface area contributed by atoms with E-state index in [0.717, 1.165) is 17.5 Å². The number of esters is 1. The summed E-state index contributed by atoms with van der Waals surface area (Å²) in [5.74, 6) is -1.35. The van der Waals surface area contributed by atoms with Crippen molar-refractivity contribution >= 4 is 25.1 Å². The third-order valence-electron chi connectivity index (χ3n) is 7.08. The first kappa shape index (κ1) is 32.3. The van der Waals surface area contributed by atoms with E-state index in [1.165, 1.54) is 38.3 Å².